The molecule has 4 nitrogen and oxygen atoms in total. The van der Waals surface area contributed by atoms with Crippen molar-refractivity contribution in [3.05, 3.63) is 12.4 Å². The first-order valence-electron chi connectivity index (χ1n) is 4.69. The fourth-order valence-corrected chi connectivity index (χ4v) is 0.904. The van der Waals surface area contributed by atoms with Crippen LogP contribution in [-0.4, -0.2) is 29.5 Å². The molecule has 0 aliphatic heterocycles. The molecule has 0 aliphatic carbocycles. The van der Waals surface area contributed by atoms with Gasteiger partial charge >= 0.3 is 0 Å². The van der Waals surface area contributed by atoms with Gasteiger partial charge in [-0.15, -0.1) is 0 Å². The summed E-state index contributed by atoms with van der Waals surface area (Å²) in [5, 5.41) is 2.98. The van der Waals surface area contributed by atoms with Crippen LogP contribution in [0.2, 0.25) is 0 Å². The van der Waals surface area contributed by atoms with E-state index in [-0.39, 0.29) is 5.88 Å². The van der Waals surface area contributed by atoms with Crippen molar-refractivity contribution in [1.29, 1.82) is 0 Å². The SMILES string of the molecule is CCCNc1cncc(OCC(F)F)n1. The Hall–Kier alpha value is -1.46. The van der Waals surface area contributed by atoms with E-state index in [2.05, 4.69) is 15.3 Å². The summed E-state index contributed by atoms with van der Waals surface area (Å²) in [5.41, 5.74) is 0. The summed E-state index contributed by atoms with van der Waals surface area (Å²) in [6.07, 6.45) is 1.27. The lowest BCUT2D eigenvalue weighted by atomic mass is 10.5. The number of ether oxygens (including phenoxy) is 1. The molecular formula is C9H13F2N3O. The van der Waals surface area contributed by atoms with Crippen LogP contribution in [0.1, 0.15) is 13.3 Å². The quantitative estimate of drug-likeness (QED) is 0.791. The molecule has 0 unspecified atom stereocenters. The Labute approximate surface area is 86.7 Å². The van der Waals surface area contributed by atoms with E-state index in [9.17, 15) is 8.78 Å². The Balaban J connectivity index is 2.50. The lowest BCUT2D eigenvalue weighted by Crippen LogP contribution is -2.09. The minimum absolute atomic E-state index is 0.108. The summed E-state index contributed by atoms with van der Waals surface area (Å²) >= 11 is 0. The number of alkyl halides is 2. The number of anilines is 1. The number of aromatic nitrogens is 2. The minimum Gasteiger partial charge on any atom is -0.470 e. The fraction of sp³-hybridized carbons (Fsp3) is 0.556. The summed E-state index contributed by atoms with van der Waals surface area (Å²) < 4.78 is 28.4. The number of nitrogens with zero attached hydrogens (tertiary/aromatic N) is 2. The van der Waals surface area contributed by atoms with Crippen molar-refractivity contribution in [1.82, 2.24) is 9.97 Å². The minimum atomic E-state index is -2.50. The Morgan fingerprint density at radius 1 is 1.47 bits per heavy atom. The first-order chi connectivity index (χ1) is 7.22. The average molecular weight is 217 g/mol. The molecule has 0 bridgehead atoms. The van der Waals surface area contributed by atoms with Crippen LogP contribution in [0.25, 0.3) is 0 Å². The van der Waals surface area contributed by atoms with E-state index >= 15 is 0 Å². The van der Waals surface area contributed by atoms with Crippen molar-refractivity contribution in [3.8, 4) is 5.88 Å². The molecule has 15 heavy (non-hydrogen) atoms. The second-order valence-electron chi connectivity index (χ2n) is 2.87. The van der Waals surface area contributed by atoms with E-state index in [0.29, 0.717) is 5.82 Å². The third-order valence-corrected chi connectivity index (χ3v) is 1.53. The first-order valence-corrected chi connectivity index (χ1v) is 4.69. The zero-order valence-corrected chi connectivity index (χ0v) is 8.41. The van der Waals surface area contributed by atoms with Crippen LogP contribution < -0.4 is 10.1 Å². The summed E-state index contributed by atoms with van der Waals surface area (Å²) in [5.74, 6) is 0.639. The summed E-state index contributed by atoms with van der Waals surface area (Å²) in [4.78, 5) is 7.77. The molecule has 0 spiro atoms. The highest BCUT2D eigenvalue weighted by Gasteiger charge is 2.05. The van der Waals surface area contributed by atoms with Gasteiger partial charge in [0, 0.05) is 6.54 Å². The number of rotatable bonds is 6. The van der Waals surface area contributed by atoms with E-state index in [1.165, 1.54) is 12.4 Å². The van der Waals surface area contributed by atoms with E-state index in [1.807, 2.05) is 6.92 Å². The first kappa shape index (κ1) is 11.6. The fourth-order valence-electron chi connectivity index (χ4n) is 0.904. The van der Waals surface area contributed by atoms with Crippen molar-refractivity contribution in [3.63, 3.8) is 0 Å². The maximum absolute atomic E-state index is 11.8. The molecule has 0 atom stereocenters. The van der Waals surface area contributed by atoms with Gasteiger partial charge in [-0.2, -0.15) is 4.98 Å². The predicted octanol–water partition coefficient (Wildman–Crippen LogP) is 1.94. The third-order valence-electron chi connectivity index (χ3n) is 1.53. The molecular weight excluding hydrogens is 204 g/mol. The van der Waals surface area contributed by atoms with Gasteiger partial charge in [-0.3, -0.25) is 4.98 Å². The highest BCUT2D eigenvalue weighted by atomic mass is 19.3. The lowest BCUT2D eigenvalue weighted by Gasteiger charge is -2.06. The summed E-state index contributed by atoms with van der Waals surface area (Å²) in [7, 11) is 0. The summed E-state index contributed by atoms with van der Waals surface area (Å²) in [6, 6.07) is 0. The summed E-state index contributed by atoms with van der Waals surface area (Å²) in [6.45, 7) is 2.11. The molecule has 84 valence electrons. The van der Waals surface area contributed by atoms with E-state index in [0.717, 1.165) is 13.0 Å². The third kappa shape index (κ3) is 4.53. The maximum atomic E-state index is 11.8. The number of hydrogen-bond acceptors (Lipinski definition) is 4. The Morgan fingerprint density at radius 2 is 2.27 bits per heavy atom. The van der Waals surface area contributed by atoms with Crippen molar-refractivity contribution >= 4 is 5.82 Å². The van der Waals surface area contributed by atoms with Gasteiger partial charge in [0.25, 0.3) is 6.43 Å². The largest absolute Gasteiger partial charge is 0.470 e. The second-order valence-corrected chi connectivity index (χ2v) is 2.87. The van der Waals surface area contributed by atoms with Crippen molar-refractivity contribution in [2.45, 2.75) is 19.8 Å². The molecule has 1 heterocycles. The lowest BCUT2D eigenvalue weighted by molar-refractivity contribution is 0.0794. The number of halogens is 2. The van der Waals surface area contributed by atoms with Crippen molar-refractivity contribution in [2.75, 3.05) is 18.5 Å². The van der Waals surface area contributed by atoms with Gasteiger partial charge in [0.1, 0.15) is 5.82 Å². The molecule has 1 rings (SSSR count). The van der Waals surface area contributed by atoms with E-state index < -0.39 is 13.0 Å². The van der Waals surface area contributed by atoms with Gasteiger partial charge in [0.15, 0.2) is 6.61 Å². The van der Waals surface area contributed by atoms with Gasteiger partial charge < -0.3 is 10.1 Å². The van der Waals surface area contributed by atoms with Gasteiger partial charge in [-0.05, 0) is 6.42 Å². The Morgan fingerprint density at radius 3 is 2.93 bits per heavy atom. The van der Waals surface area contributed by atoms with Crippen LogP contribution in [0.15, 0.2) is 12.4 Å². The topological polar surface area (TPSA) is 47.0 Å². The number of hydrogen-bond donors (Lipinski definition) is 1. The molecule has 0 radical (unpaired) electrons. The predicted molar refractivity (Wildman–Crippen MR) is 52.3 cm³/mol. The smallest absolute Gasteiger partial charge is 0.272 e. The molecule has 0 fully saturated rings. The van der Waals surface area contributed by atoms with Gasteiger partial charge in [0.05, 0.1) is 12.4 Å². The molecule has 0 saturated carbocycles. The molecule has 0 aliphatic rings. The van der Waals surface area contributed by atoms with Gasteiger partial charge in [-0.1, -0.05) is 6.92 Å². The molecule has 0 saturated heterocycles. The van der Waals surface area contributed by atoms with Crippen LogP contribution in [0.4, 0.5) is 14.6 Å². The zero-order chi connectivity index (χ0) is 11.1. The van der Waals surface area contributed by atoms with Crippen LogP contribution in [0.3, 0.4) is 0 Å². The molecule has 1 aromatic heterocycles. The maximum Gasteiger partial charge on any atom is 0.272 e. The Bertz CT molecular complexity index is 296. The normalized spacial score (nSPS) is 10.4. The standard InChI is InChI=1S/C9H13F2N3O/c1-2-3-13-8-4-12-5-9(14-8)15-6-7(10)11/h4-5,7H,2-3,6H2,1H3,(H,13,14). The van der Waals surface area contributed by atoms with Gasteiger partial charge in [-0.25, -0.2) is 8.78 Å². The monoisotopic (exact) mass is 217 g/mol. The molecule has 0 aromatic carbocycles. The van der Waals surface area contributed by atoms with E-state index in [4.69, 9.17) is 4.74 Å². The molecule has 6 heteroatoms. The van der Waals surface area contributed by atoms with Crippen molar-refractivity contribution in [2.24, 2.45) is 0 Å². The van der Waals surface area contributed by atoms with Crippen LogP contribution in [-0.2, 0) is 0 Å². The molecule has 1 N–H and O–H groups in total. The van der Waals surface area contributed by atoms with Gasteiger partial charge in [0.2, 0.25) is 5.88 Å². The van der Waals surface area contributed by atoms with Crippen LogP contribution >= 0.6 is 0 Å². The second kappa shape index (κ2) is 6.10. The molecule has 1 aromatic rings. The average Bonchev–Trinajstić information content (AvgIpc) is 2.24. The highest BCUT2D eigenvalue weighted by molar-refractivity contribution is 5.32. The molecule has 0 amide bonds. The zero-order valence-electron chi connectivity index (χ0n) is 8.41. The van der Waals surface area contributed by atoms with Crippen LogP contribution in [0, 0.1) is 0 Å². The van der Waals surface area contributed by atoms with Crippen LogP contribution in [0.5, 0.6) is 5.88 Å². The van der Waals surface area contributed by atoms with Crippen molar-refractivity contribution < 1.29 is 13.5 Å². The van der Waals surface area contributed by atoms with E-state index in [1.54, 1.807) is 0 Å². The Kier molecular flexibility index (Phi) is 4.73. The highest BCUT2D eigenvalue weighted by Crippen LogP contribution is 2.09. The number of nitrogens with one attached hydrogen (secondary N) is 1.